The molecule has 3 atom stereocenters. The fourth-order valence-corrected chi connectivity index (χ4v) is 3.89. The van der Waals surface area contributed by atoms with Crippen molar-refractivity contribution in [2.45, 2.75) is 46.1 Å². The maximum Gasteiger partial charge on any atom is 0.362 e. The molecule has 3 nitrogen and oxygen atoms in total. The Bertz CT molecular complexity index is 356. The fraction of sp³-hybridized carbons (Fsp3) is 0.933. The summed E-state index contributed by atoms with van der Waals surface area (Å²) in [4.78, 5) is 12.0. The van der Waals surface area contributed by atoms with Crippen molar-refractivity contribution in [2.24, 2.45) is 16.7 Å². The van der Waals surface area contributed by atoms with Crippen LogP contribution in [0.2, 0.25) is 0 Å². The number of hydrogen-bond acceptors (Lipinski definition) is 2. The van der Waals surface area contributed by atoms with E-state index >= 15 is 0 Å². The molecular weight excluding hydrogens is 226 g/mol. The number of carbonyl (C=O) groups excluding carboxylic acids is 1. The largest absolute Gasteiger partial charge is 0.458 e. The molecule has 2 bridgehead atoms. The third-order valence-electron chi connectivity index (χ3n) is 5.59. The Morgan fingerprint density at radius 2 is 1.89 bits per heavy atom. The second-order valence-electron chi connectivity index (χ2n) is 8.04. The maximum atomic E-state index is 12.0. The Kier molecular flexibility index (Phi) is 3.05. The number of hydrogen-bond donors (Lipinski definition) is 0. The second kappa shape index (κ2) is 3.96. The molecule has 2 saturated carbocycles. The normalized spacial score (nSPS) is 37.9. The molecule has 2 rings (SSSR count). The summed E-state index contributed by atoms with van der Waals surface area (Å²) in [5, 5.41) is 0. The molecule has 0 unspecified atom stereocenters. The average Bonchev–Trinajstić information content (AvgIpc) is 2.47. The molecule has 0 heterocycles. The molecule has 2 aliphatic carbocycles. The zero-order valence-electron chi connectivity index (χ0n) is 12.7. The predicted octanol–water partition coefficient (Wildman–Crippen LogP) is 2.45. The lowest BCUT2D eigenvalue weighted by molar-refractivity contribution is -0.862. The van der Waals surface area contributed by atoms with Gasteiger partial charge in [0.1, 0.15) is 6.10 Å². The van der Waals surface area contributed by atoms with Crippen LogP contribution in [-0.4, -0.2) is 44.2 Å². The van der Waals surface area contributed by atoms with Crippen LogP contribution in [0.1, 0.15) is 40.0 Å². The fourth-order valence-electron chi connectivity index (χ4n) is 3.89. The van der Waals surface area contributed by atoms with Crippen LogP contribution < -0.4 is 0 Å². The van der Waals surface area contributed by atoms with Crippen LogP contribution in [0, 0.1) is 16.7 Å². The minimum absolute atomic E-state index is 0.0444. The Balaban J connectivity index is 2.03. The second-order valence-corrected chi connectivity index (χ2v) is 8.04. The molecule has 2 fully saturated rings. The lowest BCUT2D eigenvalue weighted by Gasteiger charge is -2.38. The first-order valence-electron chi connectivity index (χ1n) is 7.06. The average molecular weight is 254 g/mol. The first-order chi connectivity index (χ1) is 8.06. The van der Waals surface area contributed by atoms with E-state index in [4.69, 9.17) is 4.74 Å². The van der Waals surface area contributed by atoms with E-state index in [1.807, 2.05) is 21.1 Å². The van der Waals surface area contributed by atoms with Crippen molar-refractivity contribution in [3.63, 3.8) is 0 Å². The van der Waals surface area contributed by atoms with Crippen molar-refractivity contribution >= 4 is 5.97 Å². The number of carbonyl (C=O) groups is 1. The van der Waals surface area contributed by atoms with Gasteiger partial charge < -0.3 is 9.22 Å². The van der Waals surface area contributed by atoms with Crippen LogP contribution in [0.25, 0.3) is 0 Å². The molecule has 0 amide bonds. The van der Waals surface area contributed by atoms with Crippen LogP contribution >= 0.6 is 0 Å². The molecular formula is C15H28NO2+. The molecule has 18 heavy (non-hydrogen) atoms. The lowest BCUT2D eigenvalue weighted by Crippen LogP contribution is -2.44. The lowest BCUT2D eigenvalue weighted by atomic mass is 9.70. The van der Waals surface area contributed by atoms with Gasteiger partial charge in [0.25, 0.3) is 0 Å². The molecule has 0 aromatic heterocycles. The van der Waals surface area contributed by atoms with Gasteiger partial charge in [-0.15, -0.1) is 0 Å². The van der Waals surface area contributed by atoms with E-state index < -0.39 is 0 Å². The minimum atomic E-state index is -0.0444. The van der Waals surface area contributed by atoms with E-state index in [1.54, 1.807) is 0 Å². The molecule has 0 N–H and O–H groups in total. The molecule has 0 aliphatic heterocycles. The number of fused-ring (bicyclic) bond motifs is 2. The molecule has 2 aliphatic rings. The van der Waals surface area contributed by atoms with Gasteiger partial charge in [0.05, 0.1) is 21.1 Å². The van der Waals surface area contributed by atoms with Crippen molar-refractivity contribution in [3.05, 3.63) is 0 Å². The van der Waals surface area contributed by atoms with Gasteiger partial charge in [-0.2, -0.15) is 0 Å². The van der Waals surface area contributed by atoms with E-state index in [2.05, 4.69) is 20.8 Å². The summed E-state index contributed by atoms with van der Waals surface area (Å²) in [5.74, 6) is 0.682. The van der Waals surface area contributed by atoms with Gasteiger partial charge in [-0.3, -0.25) is 0 Å². The van der Waals surface area contributed by atoms with Crippen LogP contribution in [0.4, 0.5) is 0 Å². The van der Waals surface area contributed by atoms with Crippen molar-refractivity contribution in [2.75, 3.05) is 27.7 Å². The van der Waals surface area contributed by atoms with Crippen molar-refractivity contribution < 1.29 is 14.0 Å². The quantitative estimate of drug-likeness (QED) is 0.571. The van der Waals surface area contributed by atoms with Gasteiger partial charge >= 0.3 is 5.97 Å². The summed E-state index contributed by atoms with van der Waals surface area (Å²) in [6.45, 7) is 7.46. The van der Waals surface area contributed by atoms with E-state index in [0.29, 0.717) is 16.4 Å². The highest BCUT2D eigenvalue weighted by molar-refractivity contribution is 5.71. The van der Waals surface area contributed by atoms with E-state index in [1.165, 1.54) is 12.8 Å². The van der Waals surface area contributed by atoms with Gasteiger partial charge in [-0.1, -0.05) is 20.8 Å². The van der Waals surface area contributed by atoms with Crippen molar-refractivity contribution in [1.82, 2.24) is 0 Å². The smallest absolute Gasteiger partial charge is 0.362 e. The van der Waals surface area contributed by atoms with Crippen LogP contribution in [0.15, 0.2) is 0 Å². The number of rotatable bonds is 3. The number of nitrogens with zero attached hydrogens (tertiary/aromatic N) is 1. The zero-order valence-corrected chi connectivity index (χ0v) is 12.7. The van der Waals surface area contributed by atoms with E-state index in [0.717, 1.165) is 12.3 Å². The van der Waals surface area contributed by atoms with E-state index in [-0.39, 0.29) is 17.5 Å². The zero-order chi connectivity index (χ0) is 13.8. The highest BCUT2D eigenvalue weighted by atomic mass is 16.5. The predicted molar refractivity (Wildman–Crippen MR) is 72.0 cm³/mol. The van der Waals surface area contributed by atoms with Gasteiger partial charge in [0, 0.05) is 5.41 Å². The molecule has 0 aromatic carbocycles. The highest BCUT2D eigenvalue weighted by Gasteiger charge is 2.62. The van der Waals surface area contributed by atoms with Crippen molar-refractivity contribution in [3.8, 4) is 0 Å². The number of quaternary nitrogens is 1. The highest BCUT2D eigenvalue weighted by Crippen LogP contribution is 2.66. The van der Waals surface area contributed by atoms with Crippen molar-refractivity contribution in [1.29, 1.82) is 0 Å². The molecule has 0 aromatic rings. The van der Waals surface area contributed by atoms with Crippen LogP contribution in [-0.2, 0) is 9.53 Å². The van der Waals surface area contributed by atoms with Gasteiger partial charge in [-0.05, 0) is 30.6 Å². The molecule has 3 heteroatoms. The Labute approximate surface area is 111 Å². The molecule has 104 valence electrons. The standard InChI is InChI=1S/C15H28NO2/c1-14(2)11-7-8-15(14,3)12(9-11)18-13(17)10-16(4,5)6/h11-12H,7-10H2,1-6H3/q+1/t11-,12+,15+/m1/s1. The summed E-state index contributed by atoms with van der Waals surface area (Å²) in [6, 6.07) is 0. The number of likely N-dealkylation sites (N-methyl/N-ethyl adjacent to an activating group) is 1. The summed E-state index contributed by atoms with van der Waals surface area (Å²) in [6.07, 6.45) is 3.69. The first kappa shape index (κ1) is 13.9. The Morgan fingerprint density at radius 3 is 2.28 bits per heavy atom. The number of esters is 1. The summed E-state index contributed by atoms with van der Waals surface area (Å²) < 4.78 is 6.44. The van der Waals surface area contributed by atoms with Gasteiger partial charge in [0.15, 0.2) is 6.54 Å². The van der Waals surface area contributed by atoms with Crippen LogP contribution in [0.3, 0.4) is 0 Å². The number of ether oxygens (including phenoxy) is 1. The third-order valence-corrected chi connectivity index (χ3v) is 5.59. The van der Waals surface area contributed by atoms with Gasteiger partial charge in [-0.25, -0.2) is 4.79 Å². The minimum Gasteiger partial charge on any atom is -0.458 e. The molecule has 0 radical (unpaired) electrons. The Hall–Kier alpha value is -0.570. The van der Waals surface area contributed by atoms with Gasteiger partial charge in [0.2, 0.25) is 0 Å². The molecule has 0 saturated heterocycles. The monoisotopic (exact) mass is 254 g/mol. The summed E-state index contributed by atoms with van der Waals surface area (Å²) in [5.41, 5.74) is 0.493. The van der Waals surface area contributed by atoms with E-state index in [9.17, 15) is 4.79 Å². The Morgan fingerprint density at radius 1 is 1.28 bits per heavy atom. The SMILES string of the molecule is CC1(C)[C@@H]2CC[C@@]1(C)[C@@H](OC(=O)C[N+](C)(C)C)C2. The first-order valence-corrected chi connectivity index (χ1v) is 7.06. The third kappa shape index (κ3) is 2.07. The molecule has 0 spiro atoms. The summed E-state index contributed by atoms with van der Waals surface area (Å²) in [7, 11) is 6.06. The summed E-state index contributed by atoms with van der Waals surface area (Å²) >= 11 is 0. The topological polar surface area (TPSA) is 26.3 Å². The maximum absolute atomic E-state index is 12.0. The van der Waals surface area contributed by atoms with Crippen LogP contribution in [0.5, 0.6) is 0 Å².